The normalized spacial score (nSPS) is 10.4. The van der Waals surface area contributed by atoms with Gasteiger partial charge in [0.05, 0.1) is 14.9 Å². The molecular formula is C10H6Cl2OS. The first-order valence-electron chi connectivity index (χ1n) is 3.90. The van der Waals surface area contributed by atoms with Crippen molar-refractivity contribution < 1.29 is 5.11 Å². The molecule has 0 bridgehead atoms. The number of hydrogen-bond acceptors (Lipinski definition) is 2. The molecule has 0 radical (unpaired) electrons. The van der Waals surface area contributed by atoms with E-state index in [1.54, 1.807) is 12.1 Å². The van der Waals surface area contributed by atoms with E-state index >= 15 is 0 Å². The summed E-state index contributed by atoms with van der Waals surface area (Å²) < 4.78 is 0. The molecule has 1 heterocycles. The molecule has 0 aliphatic rings. The molecule has 0 fully saturated rings. The topological polar surface area (TPSA) is 20.2 Å². The monoisotopic (exact) mass is 244 g/mol. The predicted octanol–water partition coefficient (Wildman–Crippen LogP) is 4.43. The van der Waals surface area contributed by atoms with Gasteiger partial charge in [-0.25, -0.2) is 0 Å². The van der Waals surface area contributed by atoms with Crippen molar-refractivity contribution in [2.75, 3.05) is 0 Å². The fourth-order valence-electron chi connectivity index (χ4n) is 1.15. The highest BCUT2D eigenvalue weighted by Crippen LogP contribution is 2.36. The molecule has 1 N–H and O–H groups in total. The van der Waals surface area contributed by atoms with Crippen molar-refractivity contribution in [3.05, 3.63) is 39.7 Å². The van der Waals surface area contributed by atoms with Crippen molar-refractivity contribution in [1.82, 2.24) is 0 Å². The van der Waals surface area contributed by atoms with Crippen LogP contribution in [0, 0.1) is 0 Å². The van der Waals surface area contributed by atoms with Crippen LogP contribution in [-0.4, -0.2) is 5.11 Å². The second-order valence-electron chi connectivity index (χ2n) is 2.76. The van der Waals surface area contributed by atoms with Gasteiger partial charge in [0.2, 0.25) is 0 Å². The lowest BCUT2D eigenvalue weighted by atomic mass is 10.2. The molecule has 4 heteroatoms. The molecule has 0 saturated heterocycles. The minimum absolute atomic E-state index is 0.0774. The third kappa shape index (κ3) is 1.73. The average molecular weight is 245 g/mol. The van der Waals surface area contributed by atoms with Gasteiger partial charge in [0.15, 0.2) is 0 Å². The van der Waals surface area contributed by atoms with Gasteiger partial charge in [0.25, 0.3) is 0 Å². The van der Waals surface area contributed by atoms with Gasteiger partial charge in [0, 0.05) is 0 Å². The van der Waals surface area contributed by atoms with Crippen molar-refractivity contribution in [2.24, 2.45) is 0 Å². The summed E-state index contributed by atoms with van der Waals surface area (Å²) in [5.41, 5.74) is 0.881. The lowest BCUT2D eigenvalue weighted by Gasteiger charge is -2.01. The first kappa shape index (κ1) is 9.84. The summed E-state index contributed by atoms with van der Waals surface area (Å²) in [6.45, 7) is 0. The van der Waals surface area contributed by atoms with Gasteiger partial charge in [-0.2, -0.15) is 0 Å². The van der Waals surface area contributed by atoms with Crippen LogP contribution < -0.4 is 0 Å². The lowest BCUT2D eigenvalue weighted by molar-refractivity contribution is 0.476. The minimum atomic E-state index is 0.0774. The molecule has 0 aliphatic heterocycles. The zero-order valence-corrected chi connectivity index (χ0v) is 9.33. The van der Waals surface area contributed by atoms with E-state index in [1.165, 1.54) is 11.3 Å². The van der Waals surface area contributed by atoms with Crippen LogP contribution in [0.25, 0.3) is 10.4 Å². The van der Waals surface area contributed by atoms with Crippen molar-refractivity contribution in [3.63, 3.8) is 0 Å². The quantitative estimate of drug-likeness (QED) is 0.788. The van der Waals surface area contributed by atoms with Gasteiger partial charge >= 0.3 is 0 Å². The number of phenolic OH excluding ortho intramolecular Hbond substituents is 1. The van der Waals surface area contributed by atoms with E-state index in [1.807, 2.05) is 17.5 Å². The molecule has 2 rings (SSSR count). The highest BCUT2D eigenvalue weighted by molar-refractivity contribution is 7.14. The zero-order valence-electron chi connectivity index (χ0n) is 7.00. The number of benzene rings is 1. The standard InChI is InChI=1S/C10H6Cl2OS/c11-7-2-1-6(5-9(7)13)10-8(12)3-4-14-10/h1-5,13H. The Balaban J connectivity index is 2.53. The Labute approximate surface area is 95.5 Å². The molecule has 0 unspecified atom stereocenters. The summed E-state index contributed by atoms with van der Waals surface area (Å²) in [7, 11) is 0. The molecule has 1 nitrogen and oxygen atoms in total. The Morgan fingerprint density at radius 2 is 1.86 bits per heavy atom. The number of rotatable bonds is 1. The van der Waals surface area contributed by atoms with E-state index in [2.05, 4.69) is 0 Å². The molecule has 1 aromatic carbocycles. The summed E-state index contributed by atoms with van der Waals surface area (Å²) in [5.74, 6) is 0.0774. The number of phenols is 1. The van der Waals surface area contributed by atoms with E-state index in [0.717, 1.165) is 10.4 Å². The summed E-state index contributed by atoms with van der Waals surface area (Å²) in [6, 6.07) is 6.93. The molecule has 2 aromatic rings. The van der Waals surface area contributed by atoms with Crippen LogP contribution in [0.4, 0.5) is 0 Å². The minimum Gasteiger partial charge on any atom is -0.506 e. The molecule has 0 amide bonds. The second-order valence-corrected chi connectivity index (χ2v) is 4.49. The van der Waals surface area contributed by atoms with E-state index in [0.29, 0.717) is 10.0 Å². The molecular weight excluding hydrogens is 239 g/mol. The summed E-state index contributed by atoms with van der Waals surface area (Å²) in [5, 5.41) is 12.4. The van der Waals surface area contributed by atoms with Gasteiger partial charge in [-0.1, -0.05) is 29.3 Å². The third-order valence-corrected chi connectivity index (χ3v) is 3.54. The highest BCUT2D eigenvalue weighted by atomic mass is 35.5. The number of halogens is 2. The van der Waals surface area contributed by atoms with Crippen LogP contribution in [0.15, 0.2) is 29.6 Å². The predicted molar refractivity (Wildman–Crippen MR) is 61.4 cm³/mol. The van der Waals surface area contributed by atoms with Gasteiger partial charge in [-0.15, -0.1) is 11.3 Å². The third-order valence-electron chi connectivity index (χ3n) is 1.83. The van der Waals surface area contributed by atoms with Crippen molar-refractivity contribution >= 4 is 34.5 Å². The first-order valence-corrected chi connectivity index (χ1v) is 5.54. The van der Waals surface area contributed by atoms with Crippen molar-refractivity contribution in [1.29, 1.82) is 0 Å². The van der Waals surface area contributed by atoms with Crippen LogP contribution in [0.3, 0.4) is 0 Å². The maximum Gasteiger partial charge on any atom is 0.134 e. The Morgan fingerprint density at radius 1 is 1.07 bits per heavy atom. The van der Waals surface area contributed by atoms with Gasteiger partial charge in [-0.3, -0.25) is 0 Å². The largest absolute Gasteiger partial charge is 0.506 e. The molecule has 0 saturated carbocycles. The number of aromatic hydroxyl groups is 1. The maximum absolute atomic E-state index is 9.42. The average Bonchev–Trinajstić information content (AvgIpc) is 2.57. The molecule has 14 heavy (non-hydrogen) atoms. The van der Waals surface area contributed by atoms with E-state index < -0.39 is 0 Å². The fraction of sp³-hybridized carbons (Fsp3) is 0. The van der Waals surface area contributed by atoms with Crippen LogP contribution in [-0.2, 0) is 0 Å². The maximum atomic E-state index is 9.42. The van der Waals surface area contributed by atoms with Crippen LogP contribution in [0.1, 0.15) is 0 Å². The summed E-state index contributed by atoms with van der Waals surface area (Å²) in [4.78, 5) is 0.943. The van der Waals surface area contributed by atoms with E-state index in [9.17, 15) is 5.11 Å². The Bertz CT molecular complexity index is 465. The Kier molecular flexibility index (Phi) is 2.68. The fourth-order valence-corrected chi connectivity index (χ4v) is 2.44. The van der Waals surface area contributed by atoms with Crippen LogP contribution in [0.5, 0.6) is 5.75 Å². The van der Waals surface area contributed by atoms with Gasteiger partial charge < -0.3 is 5.11 Å². The van der Waals surface area contributed by atoms with Crippen LogP contribution in [0.2, 0.25) is 10.0 Å². The van der Waals surface area contributed by atoms with E-state index in [4.69, 9.17) is 23.2 Å². The zero-order chi connectivity index (χ0) is 10.1. The first-order chi connectivity index (χ1) is 6.68. The highest BCUT2D eigenvalue weighted by Gasteiger charge is 2.07. The van der Waals surface area contributed by atoms with Gasteiger partial charge in [0.1, 0.15) is 5.75 Å². The Morgan fingerprint density at radius 3 is 2.43 bits per heavy atom. The summed E-state index contributed by atoms with van der Waals surface area (Å²) >= 11 is 13.2. The van der Waals surface area contributed by atoms with Crippen molar-refractivity contribution in [3.8, 4) is 16.2 Å². The SMILES string of the molecule is Oc1cc(-c2sccc2Cl)ccc1Cl. The molecule has 0 aliphatic carbocycles. The lowest BCUT2D eigenvalue weighted by Crippen LogP contribution is -1.74. The Hall–Kier alpha value is -0.700. The molecule has 0 atom stereocenters. The summed E-state index contributed by atoms with van der Waals surface area (Å²) in [6.07, 6.45) is 0. The number of hydrogen-bond donors (Lipinski definition) is 1. The molecule has 0 spiro atoms. The van der Waals surface area contributed by atoms with E-state index in [-0.39, 0.29) is 5.75 Å². The van der Waals surface area contributed by atoms with Crippen molar-refractivity contribution in [2.45, 2.75) is 0 Å². The molecule has 72 valence electrons. The number of thiophene rings is 1. The smallest absolute Gasteiger partial charge is 0.134 e. The molecule has 1 aromatic heterocycles. The van der Waals surface area contributed by atoms with Crippen LogP contribution >= 0.6 is 34.5 Å². The second kappa shape index (κ2) is 3.81. The van der Waals surface area contributed by atoms with Gasteiger partial charge in [-0.05, 0) is 29.1 Å².